The van der Waals surface area contributed by atoms with E-state index >= 15 is 0 Å². The van der Waals surface area contributed by atoms with Crippen LogP contribution in [0, 0.1) is 13.8 Å². The minimum Gasteiger partial charge on any atom is -0.450 e. The molecule has 0 aliphatic heterocycles. The first-order chi connectivity index (χ1) is 11.5. The summed E-state index contributed by atoms with van der Waals surface area (Å²) < 4.78 is 7.41. The molecule has 1 amide bonds. The Morgan fingerprint density at radius 3 is 2.79 bits per heavy atom. The Kier molecular flexibility index (Phi) is 5.64. The number of carbonyl (C=O) groups excluding carboxylic acids is 2. The second kappa shape index (κ2) is 7.68. The number of carbonyl (C=O) groups is 2. The van der Waals surface area contributed by atoms with Crippen molar-refractivity contribution in [3.63, 3.8) is 0 Å². The zero-order chi connectivity index (χ0) is 17.7. The van der Waals surface area contributed by atoms with Gasteiger partial charge in [0.25, 0.3) is 5.91 Å². The number of ether oxygens (including phenoxy) is 1. The summed E-state index contributed by atoms with van der Waals surface area (Å²) in [4.78, 5) is 23.7. The van der Waals surface area contributed by atoms with Crippen molar-refractivity contribution >= 4 is 17.8 Å². The summed E-state index contributed by atoms with van der Waals surface area (Å²) >= 11 is 0. The number of nitrogens with zero attached hydrogens (tertiary/aromatic N) is 5. The van der Waals surface area contributed by atoms with Crippen molar-refractivity contribution < 1.29 is 14.3 Å². The average molecular weight is 335 g/mol. The second-order valence-electron chi connectivity index (χ2n) is 5.14. The molecule has 0 aliphatic rings. The van der Waals surface area contributed by atoms with Crippen LogP contribution >= 0.6 is 0 Å². The van der Waals surface area contributed by atoms with Gasteiger partial charge in [0.1, 0.15) is 6.54 Å². The molecule has 0 saturated carbocycles. The number of rotatable bonds is 6. The summed E-state index contributed by atoms with van der Waals surface area (Å²) in [5.41, 5.74) is 8.12. The van der Waals surface area contributed by atoms with E-state index in [1.165, 1.54) is 15.6 Å². The summed E-state index contributed by atoms with van der Waals surface area (Å²) in [5.74, 6) is -0.0510. The predicted octanol–water partition coefficient (Wildman–Crippen LogP) is 0.501. The van der Waals surface area contributed by atoms with Crippen molar-refractivity contribution in [1.29, 1.82) is 0 Å². The van der Waals surface area contributed by atoms with Gasteiger partial charge in [0.2, 0.25) is 0 Å². The zero-order valence-electron chi connectivity index (χ0n) is 13.9. The molecule has 0 bridgehead atoms. The van der Waals surface area contributed by atoms with Crippen LogP contribution in [0.3, 0.4) is 0 Å². The van der Waals surface area contributed by atoms with Crippen molar-refractivity contribution in [2.45, 2.75) is 33.7 Å². The number of hydrogen-bond donors (Lipinski definition) is 2. The van der Waals surface area contributed by atoms with Gasteiger partial charge in [-0.15, -0.1) is 5.10 Å². The molecule has 0 fully saturated rings. The molecule has 0 unspecified atom stereocenters. The lowest BCUT2D eigenvalue weighted by Crippen LogP contribution is -2.21. The summed E-state index contributed by atoms with van der Waals surface area (Å²) in [5, 5.41) is 14.2. The van der Waals surface area contributed by atoms with Crippen LogP contribution in [-0.2, 0) is 17.7 Å². The van der Waals surface area contributed by atoms with E-state index in [-0.39, 0.29) is 24.9 Å². The van der Waals surface area contributed by atoms with E-state index in [4.69, 9.17) is 10.5 Å². The highest BCUT2D eigenvalue weighted by Gasteiger charge is 2.17. The molecular formula is C14H21N7O3. The number of anilines is 1. The molecule has 10 nitrogen and oxygen atoms in total. The molecular weight excluding hydrogens is 314 g/mol. The molecule has 130 valence electrons. The van der Waals surface area contributed by atoms with Crippen LogP contribution in [-0.4, -0.2) is 49.9 Å². The first-order valence-corrected chi connectivity index (χ1v) is 7.58. The third-order valence-electron chi connectivity index (χ3n) is 3.41. The quantitative estimate of drug-likeness (QED) is 0.786. The Labute approximate surface area is 139 Å². The molecule has 24 heavy (non-hydrogen) atoms. The third-order valence-corrected chi connectivity index (χ3v) is 3.41. The number of aromatic nitrogens is 5. The fourth-order valence-corrected chi connectivity index (χ4v) is 2.33. The molecule has 0 saturated heterocycles. The summed E-state index contributed by atoms with van der Waals surface area (Å²) in [6.07, 6.45) is 1.49. The molecule has 3 N–H and O–H groups in total. The lowest BCUT2D eigenvalue weighted by Gasteiger charge is -2.04. The van der Waals surface area contributed by atoms with Crippen LogP contribution in [0.15, 0.2) is 6.20 Å². The van der Waals surface area contributed by atoms with Crippen LogP contribution in [0.4, 0.5) is 10.6 Å². The summed E-state index contributed by atoms with van der Waals surface area (Å²) in [6.45, 7) is 6.07. The number of nitrogens with one attached hydrogen (secondary N) is 1. The predicted molar refractivity (Wildman–Crippen MR) is 85.8 cm³/mol. The van der Waals surface area contributed by atoms with Gasteiger partial charge >= 0.3 is 6.09 Å². The minimum absolute atomic E-state index is 0.0540. The Hall–Kier alpha value is -2.75. The van der Waals surface area contributed by atoms with E-state index in [9.17, 15) is 9.59 Å². The van der Waals surface area contributed by atoms with E-state index < -0.39 is 6.09 Å². The standard InChI is InChI=1S/C14H21N7O3/c1-4-24-14(23)16-12-7-20(19-17-12)8-13(22)21-10(3)11(5-6-15)9(2)18-21/h7H,4-6,8,15H2,1-3H3,(H,16,23). The van der Waals surface area contributed by atoms with Crippen LogP contribution in [0.1, 0.15) is 28.7 Å². The topological polar surface area (TPSA) is 130 Å². The molecule has 2 aromatic heterocycles. The van der Waals surface area contributed by atoms with Crippen LogP contribution in [0.2, 0.25) is 0 Å². The van der Waals surface area contributed by atoms with E-state index in [0.717, 1.165) is 17.0 Å². The molecule has 2 aromatic rings. The van der Waals surface area contributed by atoms with Crippen LogP contribution < -0.4 is 11.1 Å². The van der Waals surface area contributed by atoms with E-state index in [0.29, 0.717) is 13.0 Å². The van der Waals surface area contributed by atoms with Gasteiger partial charge in [0.05, 0.1) is 18.5 Å². The molecule has 10 heteroatoms. The van der Waals surface area contributed by atoms with Crippen molar-refractivity contribution in [1.82, 2.24) is 24.8 Å². The number of hydrogen-bond acceptors (Lipinski definition) is 7. The molecule has 0 radical (unpaired) electrons. The van der Waals surface area contributed by atoms with E-state index in [1.807, 2.05) is 13.8 Å². The van der Waals surface area contributed by atoms with Gasteiger partial charge in [-0.3, -0.25) is 10.1 Å². The lowest BCUT2D eigenvalue weighted by molar-refractivity contribution is 0.0866. The first-order valence-electron chi connectivity index (χ1n) is 7.58. The lowest BCUT2D eigenvalue weighted by atomic mass is 10.1. The monoisotopic (exact) mass is 335 g/mol. The average Bonchev–Trinajstić information content (AvgIpc) is 3.06. The summed E-state index contributed by atoms with van der Waals surface area (Å²) in [6, 6.07) is 0. The maximum atomic E-state index is 12.4. The highest BCUT2D eigenvalue weighted by Crippen LogP contribution is 2.13. The Balaban J connectivity index is 2.06. The Morgan fingerprint density at radius 2 is 2.12 bits per heavy atom. The Morgan fingerprint density at radius 1 is 1.38 bits per heavy atom. The molecule has 0 aliphatic carbocycles. The van der Waals surface area contributed by atoms with Crippen LogP contribution in [0.5, 0.6) is 0 Å². The normalized spacial score (nSPS) is 10.7. The SMILES string of the molecule is CCOC(=O)Nc1cn(CC(=O)n2nc(C)c(CCN)c2C)nn1. The number of aryl methyl sites for hydroxylation is 1. The molecule has 0 atom stereocenters. The van der Waals surface area contributed by atoms with Crippen molar-refractivity contribution in [3.8, 4) is 0 Å². The number of nitrogens with two attached hydrogens (primary N) is 1. The minimum atomic E-state index is -0.624. The van der Waals surface area contributed by atoms with Gasteiger partial charge < -0.3 is 10.5 Å². The third kappa shape index (κ3) is 3.96. The van der Waals surface area contributed by atoms with E-state index in [1.54, 1.807) is 6.92 Å². The molecule has 2 rings (SSSR count). The zero-order valence-corrected chi connectivity index (χ0v) is 13.9. The van der Waals surface area contributed by atoms with Gasteiger partial charge in [0, 0.05) is 5.69 Å². The molecule has 0 spiro atoms. The van der Waals surface area contributed by atoms with E-state index in [2.05, 4.69) is 20.7 Å². The highest BCUT2D eigenvalue weighted by molar-refractivity contribution is 5.83. The number of amides is 1. The summed E-state index contributed by atoms with van der Waals surface area (Å²) in [7, 11) is 0. The smallest absolute Gasteiger partial charge is 0.412 e. The Bertz CT molecular complexity index is 735. The highest BCUT2D eigenvalue weighted by atomic mass is 16.5. The second-order valence-corrected chi connectivity index (χ2v) is 5.14. The van der Waals surface area contributed by atoms with Gasteiger partial charge in [-0.05, 0) is 39.3 Å². The van der Waals surface area contributed by atoms with Gasteiger partial charge in [0.15, 0.2) is 5.82 Å². The first kappa shape index (κ1) is 17.6. The maximum Gasteiger partial charge on any atom is 0.412 e. The molecule has 0 aromatic carbocycles. The van der Waals surface area contributed by atoms with Gasteiger partial charge in [-0.25, -0.2) is 14.2 Å². The largest absolute Gasteiger partial charge is 0.450 e. The van der Waals surface area contributed by atoms with Crippen molar-refractivity contribution in [2.24, 2.45) is 5.73 Å². The van der Waals surface area contributed by atoms with Crippen LogP contribution in [0.25, 0.3) is 0 Å². The maximum absolute atomic E-state index is 12.4. The van der Waals surface area contributed by atoms with Crippen molar-refractivity contribution in [2.75, 3.05) is 18.5 Å². The van der Waals surface area contributed by atoms with Gasteiger partial charge in [-0.2, -0.15) is 5.10 Å². The fraction of sp³-hybridized carbons (Fsp3) is 0.500. The molecule has 2 heterocycles. The van der Waals surface area contributed by atoms with Crippen molar-refractivity contribution in [3.05, 3.63) is 23.1 Å². The fourth-order valence-electron chi connectivity index (χ4n) is 2.33. The van der Waals surface area contributed by atoms with Gasteiger partial charge in [-0.1, -0.05) is 5.21 Å².